The Balaban J connectivity index is 1.85. The second-order valence-corrected chi connectivity index (χ2v) is 9.30. The molecule has 160 valence electrons. The van der Waals surface area contributed by atoms with Gasteiger partial charge in [0, 0.05) is 0 Å². The number of furan rings is 1. The molecule has 2 aromatic carbocycles. The number of sulfone groups is 1. The molecule has 0 atom stereocenters. The Hall–Kier alpha value is -3.98. The molecule has 32 heavy (non-hydrogen) atoms. The molecule has 0 aliphatic carbocycles. The first-order valence-electron chi connectivity index (χ1n) is 9.83. The Morgan fingerprint density at radius 3 is 2.50 bits per heavy atom. The Morgan fingerprint density at radius 2 is 1.78 bits per heavy atom. The van der Waals surface area contributed by atoms with Gasteiger partial charge in [0.1, 0.15) is 22.0 Å². The third-order valence-electron chi connectivity index (χ3n) is 5.17. The highest BCUT2D eigenvalue weighted by atomic mass is 32.2. The zero-order valence-corrected chi connectivity index (χ0v) is 18.2. The van der Waals surface area contributed by atoms with Crippen molar-refractivity contribution < 1.29 is 12.8 Å². The van der Waals surface area contributed by atoms with E-state index in [4.69, 9.17) is 10.2 Å². The number of fused-ring (bicyclic) bond motifs is 2. The summed E-state index contributed by atoms with van der Waals surface area (Å²) in [6, 6.07) is 15.9. The largest absolute Gasteiger partial charge is 0.463 e. The standard InChI is InChI=1S/C23H19N5O3S/c1-14-9-10-15(2)19(12-14)32(29,30)21-20-23(27-18-8-4-3-7-17(18)26-20)28(22(21)24)25-13-16-6-5-11-31-16/h3-13H,24H2,1-2H3. The predicted octanol–water partition coefficient (Wildman–Crippen LogP) is 4.09. The highest BCUT2D eigenvalue weighted by Crippen LogP contribution is 2.36. The fraction of sp³-hybridized carbons (Fsp3) is 0.0870. The second-order valence-electron chi connectivity index (χ2n) is 7.44. The van der Waals surface area contributed by atoms with Crippen LogP contribution in [0.3, 0.4) is 0 Å². The Morgan fingerprint density at radius 1 is 1.03 bits per heavy atom. The molecular formula is C23H19N5O3S. The van der Waals surface area contributed by atoms with E-state index in [1.54, 1.807) is 43.3 Å². The van der Waals surface area contributed by atoms with Crippen LogP contribution in [-0.4, -0.2) is 29.3 Å². The van der Waals surface area contributed by atoms with Crippen LogP contribution < -0.4 is 5.73 Å². The molecule has 2 N–H and O–H groups in total. The summed E-state index contributed by atoms with van der Waals surface area (Å²) in [4.78, 5) is 9.29. The van der Waals surface area contributed by atoms with E-state index in [9.17, 15) is 8.42 Å². The third-order valence-corrected chi connectivity index (χ3v) is 7.13. The number of hydrogen-bond acceptors (Lipinski definition) is 7. The maximum Gasteiger partial charge on any atom is 0.212 e. The number of benzene rings is 2. The summed E-state index contributed by atoms with van der Waals surface area (Å²) in [7, 11) is -4.02. The van der Waals surface area contributed by atoms with Crippen molar-refractivity contribution in [2.24, 2.45) is 5.10 Å². The second kappa shape index (κ2) is 7.31. The Labute approximate surface area is 183 Å². The minimum Gasteiger partial charge on any atom is -0.463 e. The highest BCUT2D eigenvalue weighted by molar-refractivity contribution is 7.92. The van der Waals surface area contributed by atoms with E-state index in [0.717, 1.165) is 5.56 Å². The fourth-order valence-corrected chi connectivity index (χ4v) is 5.40. The van der Waals surface area contributed by atoms with Crippen LogP contribution in [0.15, 0.2) is 80.2 Å². The zero-order chi connectivity index (χ0) is 22.5. The van der Waals surface area contributed by atoms with Crippen molar-refractivity contribution in [2.45, 2.75) is 23.6 Å². The van der Waals surface area contributed by atoms with Crippen molar-refractivity contribution in [3.05, 3.63) is 77.7 Å². The molecule has 0 aliphatic rings. The summed E-state index contributed by atoms with van der Waals surface area (Å²) < 4.78 is 34.2. The molecule has 3 heterocycles. The van der Waals surface area contributed by atoms with Gasteiger partial charge in [0.2, 0.25) is 9.84 Å². The molecule has 9 heteroatoms. The molecule has 5 rings (SSSR count). The van der Waals surface area contributed by atoms with E-state index in [0.29, 0.717) is 22.4 Å². The van der Waals surface area contributed by atoms with Crippen LogP contribution in [0, 0.1) is 13.8 Å². The lowest BCUT2D eigenvalue weighted by atomic mass is 10.2. The normalized spacial score (nSPS) is 12.3. The molecule has 0 amide bonds. The van der Waals surface area contributed by atoms with Crippen molar-refractivity contribution in [1.82, 2.24) is 14.6 Å². The van der Waals surface area contributed by atoms with Gasteiger partial charge in [0.05, 0.1) is 28.4 Å². The molecule has 3 aromatic heterocycles. The number of nitrogen functional groups attached to an aromatic ring is 1. The summed E-state index contributed by atoms with van der Waals surface area (Å²) in [5.41, 5.74) is 9.40. The van der Waals surface area contributed by atoms with E-state index in [1.807, 2.05) is 25.1 Å². The molecule has 0 unspecified atom stereocenters. The van der Waals surface area contributed by atoms with Gasteiger partial charge in [-0.3, -0.25) is 0 Å². The van der Waals surface area contributed by atoms with Gasteiger partial charge < -0.3 is 10.2 Å². The van der Waals surface area contributed by atoms with E-state index in [2.05, 4.69) is 15.1 Å². The van der Waals surface area contributed by atoms with E-state index in [-0.39, 0.29) is 26.8 Å². The van der Waals surface area contributed by atoms with Crippen LogP contribution in [0.25, 0.3) is 22.2 Å². The number of nitrogens with zero attached hydrogens (tertiary/aromatic N) is 4. The topological polar surface area (TPSA) is 116 Å². The third kappa shape index (κ3) is 3.14. The van der Waals surface area contributed by atoms with Crippen molar-refractivity contribution >= 4 is 44.1 Å². The monoisotopic (exact) mass is 445 g/mol. The Kier molecular flexibility index (Phi) is 4.56. The van der Waals surface area contributed by atoms with Crippen LogP contribution in [0.5, 0.6) is 0 Å². The van der Waals surface area contributed by atoms with Gasteiger partial charge >= 0.3 is 0 Å². The van der Waals surface area contributed by atoms with Crippen molar-refractivity contribution in [2.75, 3.05) is 5.73 Å². The minimum absolute atomic E-state index is 0.0704. The van der Waals surface area contributed by atoms with Crippen LogP contribution in [0.2, 0.25) is 0 Å². The number of hydrogen-bond donors (Lipinski definition) is 1. The van der Waals surface area contributed by atoms with E-state index < -0.39 is 9.84 Å². The molecule has 0 bridgehead atoms. The summed E-state index contributed by atoms with van der Waals surface area (Å²) in [5.74, 6) is 0.415. The number of para-hydroxylation sites is 2. The van der Waals surface area contributed by atoms with Crippen LogP contribution in [-0.2, 0) is 9.84 Å². The molecular weight excluding hydrogens is 426 g/mol. The van der Waals surface area contributed by atoms with Crippen LogP contribution >= 0.6 is 0 Å². The SMILES string of the molecule is Cc1ccc(C)c(S(=O)(=O)c2c(N)n(N=Cc3ccco3)c3nc4ccccc4nc23)c1. The number of rotatable bonds is 4. The average Bonchev–Trinajstić information content (AvgIpc) is 3.38. The van der Waals surface area contributed by atoms with Crippen molar-refractivity contribution in [3.63, 3.8) is 0 Å². The molecule has 0 spiro atoms. The summed E-state index contributed by atoms with van der Waals surface area (Å²) in [6.45, 7) is 3.59. The molecule has 0 aliphatic heterocycles. The van der Waals surface area contributed by atoms with Gasteiger partial charge in [-0.2, -0.15) is 9.78 Å². The summed E-state index contributed by atoms with van der Waals surface area (Å²) in [5, 5.41) is 4.36. The lowest BCUT2D eigenvalue weighted by Gasteiger charge is -2.09. The zero-order valence-electron chi connectivity index (χ0n) is 17.4. The number of nitrogens with two attached hydrogens (primary N) is 1. The summed E-state index contributed by atoms with van der Waals surface area (Å²) in [6.07, 6.45) is 2.96. The maximum absolute atomic E-state index is 13.8. The lowest BCUT2D eigenvalue weighted by molar-refractivity contribution is 0.559. The van der Waals surface area contributed by atoms with Gasteiger partial charge in [0.15, 0.2) is 5.65 Å². The minimum atomic E-state index is -4.02. The quantitative estimate of drug-likeness (QED) is 0.417. The van der Waals surface area contributed by atoms with Crippen LogP contribution in [0.4, 0.5) is 5.82 Å². The smallest absolute Gasteiger partial charge is 0.212 e. The first-order valence-corrected chi connectivity index (χ1v) is 11.3. The summed E-state index contributed by atoms with van der Waals surface area (Å²) >= 11 is 0. The maximum atomic E-state index is 13.8. The van der Waals surface area contributed by atoms with Gasteiger partial charge in [-0.05, 0) is 55.3 Å². The fourth-order valence-electron chi connectivity index (χ4n) is 3.59. The first-order chi connectivity index (χ1) is 15.4. The molecule has 5 aromatic rings. The van der Waals surface area contributed by atoms with Gasteiger partial charge in [0.25, 0.3) is 0 Å². The molecule has 0 saturated carbocycles. The van der Waals surface area contributed by atoms with Crippen molar-refractivity contribution in [3.8, 4) is 0 Å². The van der Waals surface area contributed by atoms with Gasteiger partial charge in [-0.25, -0.2) is 18.4 Å². The molecule has 0 fully saturated rings. The lowest BCUT2D eigenvalue weighted by Crippen LogP contribution is -2.08. The van der Waals surface area contributed by atoms with Gasteiger partial charge in [-0.15, -0.1) is 0 Å². The Bertz CT molecular complexity index is 1620. The molecule has 8 nitrogen and oxygen atoms in total. The van der Waals surface area contributed by atoms with E-state index in [1.165, 1.54) is 17.2 Å². The van der Waals surface area contributed by atoms with Crippen LogP contribution in [0.1, 0.15) is 16.9 Å². The number of anilines is 1. The predicted molar refractivity (Wildman–Crippen MR) is 123 cm³/mol. The first kappa shape index (κ1) is 20.0. The number of aryl methyl sites for hydroxylation is 2. The van der Waals surface area contributed by atoms with E-state index >= 15 is 0 Å². The van der Waals surface area contributed by atoms with Gasteiger partial charge in [-0.1, -0.05) is 24.3 Å². The molecule has 0 saturated heterocycles. The molecule has 0 radical (unpaired) electrons. The number of aromatic nitrogens is 3. The van der Waals surface area contributed by atoms with Crippen molar-refractivity contribution in [1.29, 1.82) is 0 Å². The average molecular weight is 446 g/mol. The highest BCUT2D eigenvalue weighted by Gasteiger charge is 2.31.